The van der Waals surface area contributed by atoms with E-state index in [9.17, 15) is 0 Å². The molecule has 0 amide bonds. The molecule has 0 heterocycles. The molecule has 0 aliphatic rings. The summed E-state index contributed by atoms with van der Waals surface area (Å²) >= 11 is 6.33. The van der Waals surface area contributed by atoms with E-state index < -0.39 is 0 Å². The van der Waals surface area contributed by atoms with Gasteiger partial charge in [-0.1, -0.05) is 59.1 Å². The summed E-state index contributed by atoms with van der Waals surface area (Å²) in [5, 5.41) is 0.537. The molecule has 98 valence electrons. The number of aliphatic imine (C=N–C) groups is 1. The Labute approximate surface area is 120 Å². The number of nitrogens with zero attached hydrogens (tertiary/aromatic N) is 1. The lowest BCUT2D eigenvalue weighted by Crippen LogP contribution is -1.92. The van der Waals surface area contributed by atoms with E-state index in [-0.39, 0.29) is 0 Å². The van der Waals surface area contributed by atoms with E-state index in [1.807, 2.05) is 24.3 Å². The van der Waals surface area contributed by atoms with Gasteiger partial charge in [0.05, 0.1) is 5.69 Å². The second kappa shape index (κ2) is 5.58. The maximum Gasteiger partial charge on any atom is 0.136 e. The molecule has 0 bridgehead atoms. The fourth-order valence-corrected chi connectivity index (χ4v) is 2.41. The van der Waals surface area contributed by atoms with E-state index in [0.29, 0.717) is 5.17 Å². The summed E-state index contributed by atoms with van der Waals surface area (Å²) in [7, 11) is 0. The number of hydrogen-bond donors (Lipinski definition) is 0. The summed E-state index contributed by atoms with van der Waals surface area (Å²) in [4.78, 5) is 4.58. The number of aryl methyl sites for hydroxylation is 4. The zero-order valence-corrected chi connectivity index (χ0v) is 12.5. The molecule has 0 saturated carbocycles. The van der Waals surface area contributed by atoms with Crippen molar-refractivity contribution in [2.24, 2.45) is 4.99 Å². The van der Waals surface area contributed by atoms with E-state index >= 15 is 0 Å². The lowest BCUT2D eigenvalue weighted by Gasteiger charge is -2.08. The van der Waals surface area contributed by atoms with Gasteiger partial charge in [0.1, 0.15) is 5.17 Å². The molecule has 2 heteroatoms. The van der Waals surface area contributed by atoms with Crippen LogP contribution in [-0.4, -0.2) is 5.17 Å². The van der Waals surface area contributed by atoms with E-state index in [2.05, 4.69) is 44.8 Å². The molecule has 0 fully saturated rings. The Morgan fingerprint density at radius 1 is 0.842 bits per heavy atom. The first-order valence-corrected chi connectivity index (χ1v) is 6.74. The van der Waals surface area contributed by atoms with Gasteiger partial charge < -0.3 is 0 Å². The molecule has 0 spiro atoms. The van der Waals surface area contributed by atoms with Crippen molar-refractivity contribution in [1.82, 2.24) is 0 Å². The molecule has 2 rings (SSSR count). The van der Waals surface area contributed by atoms with Gasteiger partial charge in [0.15, 0.2) is 0 Å². The molecular formula is C17H18ClN. The van der Waals surface area contributed by atoms with Gasteiger partial charge in [0, 0.05) is 5.56 Å². The van der Waals surface area contributed by atoms with Gasteiger partial charge in [0.25, 0.3) is 0 Å². The van der Waals surface area contributed by atoms with E-state index in [4.69, 9.17) is 11.6 Å². The zero-order chi connectivity index (χ0) is 14.0. The molecule has 0 aliphatic heterocycles. The second-order valence-electron chi connectivity index (χ2n) is 5.02. The smallest absolute Gasteiger partial charge is 0.136 e. The predicted octanol–water partition coefficient (Wildman–Crippen LogP) is 5.24. The Morgan fingerprint density at radius 3 is 1.89 bits per heavy atom. The van der Waals surface area contributed by atoms with Crippen LogP contribution in [0.3, 0.4) is 0 Å². The molecule has 0 unspecified atom stereocenters. The highest BCUT2D eigenvalue weighted by atomic mass is 35.5. The Balaban J connectivity index is 2.43. The lowest BCUT2D eigenvalue weighted by atomic mass is 10.1. The van der Waals surface area contributed by atoms with Gasteiger partial charge in [-0.25, -0.2) is 4.99 Å². The third-order valence-corrected chi connectivity index (χ3v) is 3.44. The minimum Gasteiger partial charge on any atom is -0.236 e. The highest BCUT2D eigenvalue weighted by molar-refractivity contribution is 6.69. The van der Waals surface area contributed by atoms with Gasteiger partial charge in [-0.15, -0.1) is 0 Å². The Morgan fingerprint density at radius 2 is 1.37 bits per heavy atom. The number of rotatable bonds is 2. The molecule has 0 aliphatic carbocycles. The average molecular weight is 272 g/mol. The predicted molar refractivity (Wildman–Crippen MR) is 83.9 cm³/mol. The first-order valence-electron chi connectivity index (χ1n) is 6.36. The molecule has 0 radical (unpaired) electrons. The van der Waals surface area contributed by atoms with Crippen molar-refractivity contribution in [3.8, 4) is 0 Å². The topological polar surface area (TPSA) is 12.4 Å². The van der Waals surface area contributed by atoms with Crippen LogP contribution >= 0.6 is 11.6 Å². The number of benzene rings is 2. The highest BCUT2D eigenvalue weighted by Crippen LogP contribution is 2.26. The minimum absolute atomic E-state index is 0.537. The SMILES string of the molecule is Cc1ccc(C(Cl)=Nc2c(C)cc(C)cc2C)cc1. The largest absolute Gasteiger partial charge is 0.236 e. The third kappa shape index (κ3) is 3.24. The summed E-state index contributed by atoms with van der Waals surface area (Å²) in [6, 6.07) is 12.3. The second-order valence-corrected chi connectivity index (χ2v) is 5.37. The van der Waals surface area contributed by atoms with Crippen LogP contribution in [0.25, 0.3) is 0 Å². The van der Waals surface area contributed by atoms with Crippen molar-refractivity contribution in [1.29, 1.82) is 0 Å². The van der Waals surface area contributed by atoms with E-state index in [1.165, 1.54) is 11.1 Å². The number of halogens is 1. The van der Waals surface area contributed by atoms with Gasteiger partial charge in [-0.2, -0.15) is 0 Å². The van der Waals surface area contributed by atoms with Crippen LogP contribution in [0.2, 0.25) is 0 Å². The molecule has 0 atom stereocenters. The van der Waals surface area contributed by atoms with Gasteiger partial charge in [-0.05, 0) is 38.8 Å². The van der Waals surface area contributed by atoms with Crippen molar-refractivity contribution in [3.05, 3.63) is 64.2 Å². The Kier molecular flexibility index (Phi) is 4.06. The van der Waals surface area contributed by atoms with Crippen molar-refractivity contribution in [2.75, 3.05) is 0 Å². The summed E-state index contributed by atoms with van der Waals surface area (Å²) in [5.41, 5.74) is 6.70. The van der Waals surface area contributed by atoms with Gasteiger partial charge in [-0.3, -0.25) is 0 Å². The summed E-state index contributed by atoms with van der Waals surface area (Å²) in [6.45, 7) is 8.29. The summed E-state index contributed by atoms with van der Waals surface area (Å²) in [6.07, 6.45) is 0. The molecule has 0 N–H and O–H groups in total. The van der Waals surface area contributed by atoms with Gasteiger partial charge >= 0.3 is 0 Å². The van der Waals surface area contributed by atoms with E-state index in [1.54, 1.807) is 0 Å². The van der Waals surface area contributed by atoms with Crippen LogP contribution in [-0.2, 0) is 0 Å². The highest BCUT2D eigenvalue weighted by Gasteiger charge is 2.05. The molecule has 0 saturated heterocycles. The summed E-state index contributed by atoms with van der Waals surface area (Å²) in [5.74, 6) is 0. The monoisotopic (exact) mass is 271 g/mol. The van der Waals surface area contributed by atoms with Crippen molar-refractivity contribution < 1.29 is 0 Å². The molecule has 19 heavy (non-hydrogen) atoms. The first-order chi connectivity index (χ1) is 8.97. The van der Waals surface area contributed by atoms with Crippen molar-refractivity contribution >= 4 is 22.5 Å². The van der Waals surface area contributed by atoms with Crippen LogP contribution in [0.15, 0.2) is 41.4 Å². The van der Waals surface area contributed by atoms with Crippen molar-refractivity contribution in [2.45, 2.75) is 27.7 Å². The maximum absolute atomic E-state index is 6.33. The average Bonchev–Trinajstić information content (AvgIpc) is 2.34. The van der Waals surface area contributed by atoms with Crippen LogP contribution in [0, 0.1) is 27.7 Å². The lowest BCUT2D eigenvalue weighted by molar-refractivity contribution is 1.29. The minimum atomic E-state index is 0.537. The first kappa shape index (κ1) is 13.8. The Hall–Kier alpha value is -1.60. The Bertz CT molecular complexity index is 601. The zero-order valence-electron chi connectivity index (χ0n) is 11.8. The number of hydrogen-bond acceptors (Lipinski definition) is 1. The van der Waals surface area contributed by atoms with Crippen LogP contribution in [0.1, 0.15) is 27.8 Å². The van der Waals surface area contributed by atoms with Crippen LogP contribution in [0.5, 0.6) is 0 Å². The quantitative estimate of drug-likeness (QED) is 0.663. The fourth-order valence-electron chi connectivity index (χ4n) is 2.20. The third-order valence-electron chi connectivity index (χ3n) is 3.14. The standard InChI is InChI=1S/C17H18ClN/c1-11-5-7-15(8-6-11)17(18)19-16-13(3)9-12(2)10-14(16)4/h5-10H,1-4H3. The van der Waals surface area contributed by atoms with Crippen LogP contribution in [0.4, 0.5) is 5.69 Å². The summed E-state index contributed by atoms with van der Waals surface area (Å²) < 4.78 is 0. The normalized spacial score (nSPS) is 11.7. The molecule has 2 aromatic carbocycles. The molecular weight excluding hydrogens is 254 g/mol. The van der Waals surface area contributed by atoms with Crippen molar-refractivity contribution in [3.63, 3.8) is 0 Å². The molecule has 2 aromatic rings. The maximum atomic E-state index is 6.33. The van der Waals surface area contributed by atoms with Crippen LogP contribution < -0.4 is 0 Å². The van der Waals surface area contributed by atoms with Gasteiger partial charge in [0.2, 0.25) is 0 Å². The molecule has 0 aromatic heterocycles. The molecule has 1 nitrogen and oxygen atoms in total. The fraction of sp³-hybridized carbons (Fsp3) is 0.235. The van der Waals surface area contributed by atoms with E-state index in [0.717, 1.165) is 22.4 Å².